The van der Waals surface area contributed by atoms with Crippen molar-refractivity contribution in [3.05, 3.63) is 356 Å². The van der Waals surface area contributed by atoms with Crippen LogP contribution in [0.15, 0.2) is 350 Å². The van der Waals surface area contributed by atoms with Gasteiger partial charge in [-0.15, -0.1) is 11.3 Å². The fraction of sp³-hybridized carbons (Fsp3) is 0.0330. The van der Waals surface area contributed by atoms with Gasteiger partial charge in [-0.2, -0.15) is 0 Å². The number of allylic oxidation sites excluding steroid dienone is 1. The summed E-state index contributed by atoms with van der Waals surface area (Å²) in [5.74, 6) is 0. The van der Waals surface area contributed by atoms with Crippen molar-refractivity contribution in [2.24, 2.45) is 0 Å². The van der Waals surface area contributed by atoms with Crippen molar-refractivity contribution in [2.45, 2.75) is 19.3 Å². The molecular formula is C91H62B2N6OS. The van der Waals surface area contributed by atoms with Gasteiger partial charge in [0.15, 0.2) is 0 Å². The molecule has 0 atom stereocenters. The molecule has 0 N–H and O–H groups in total. The van der Waals surface area contributed by atoms with Gasteiger partial charge in [0.1, 0.15) is 5.58 Å². The molecule has 0 radical (unpaired) electrons. The third-order valence-corrected chi connectivity index (χ3v) is 22.8. The quantitative estimate of drug-likeness (QED) is 0.126. The first kappa shape index (κ1) is 57.6. The minimum Gasteiger partial charge on any atom is -0.468 e. The van der Waals surface area contributed by atoms with Gasteiger partial charge < -0.3 is 33.8 Å². The minimum atomic E-state index is -0.364. The van der Waals surface area contributed by atoms with Crippen LogP contribution >= 0.6 is 11.3 Å². The Labute approximate surface area is 591 Å². The van der Waals surface area contributed by atoms with E-state index >= 15 is 0 Å². The highest BCUT2D eigenvalue weighted by Crippen LogP contribution is 2.59. The molecule has 10 heteroatoms. The Hall–Kier alpha value is -12.5. The number of benzene rings is 14. The molecule has 474 valence electrons. The van der Waals surface area contributed by atoms with Gasteiger partial charge in [-0.25, -0.2) is 0 Å². The highest BCUT2D eigenvalue weighted by atomic mass is 32.1. The first-order valence-electron chi connectivity index (χ1n) is 34.9. The van der Waals surface area contributed by atoms with Gasteiger partial charge in [0.05, 0.1) is 22.7 Å². The third kappa shape index (κ3) is 8.55. The van der Waals surface area contributed by atoms with Gasteiger partial charge in [0.2, 0.25) is 6.71 Å². The van der Waals surface area contributed by atoms with Crippen molar-refractivity contribution >= 4 is 186 Å². The lowest BCUT2D eigenvalue weighted by molar-refractivity contribution is 0.651. The summed E-state index contributed by atoms with van der Waals surface area (Å²) in [6.45, 7) is 4.52. The zero-order valence-corrected chi connectivity index (χ0v) is 56.3. The molecule has 0 amide bonds. The van der Waals surface area contributed by atoms with Crippen LogP contribution in [0.2, 0.25) is 0 Å². The van der Waals surface area contributed by atoms with Crippen molar-refractivity contribution in [3.63, 3.8) is 0 Å². The van der Waals surface area contributed by atoms with E-state index in [1.807, 2.05) is 11.3 Å². The molecule has 0 spiro atoms. The van der Waals surface area contributed by atoms with Crippen LogP contribution in [0.4, 0.5) is 96.7 Å². The molecule has 0 saturated heterocycles. The molecule has 0 fully saturated rings. The average Bonchev–Trinajstić information content (AvgIpc) is 1.59. The van der Waals surface area contributed by atoms with Crippen molar-refractivity contribution < 1.29 is 4.42 Å². The summed E-state index contributed by atoms with van der Waals surface area (Å²) in [6, 6.07) is 125. The van der Waals surface area contributed by atoms with Crippen LogP contribution in [0.5, 0.6) is 0 Å². The van der Waals surface area contributed by atoms with Crippen LogP contribution in [0, 0.1) is 0 Å². The summed E-state index contributed by atoms with van der Waals surface area (Å²) in [4.78, 5) is 15.1. The molecule has 21 rings (SSSR count). The first-order valence-corrected chi connectivity index (χ1v) is 35.7. The second kappa shape index (κ2) is 22.3. The van der Waals surface area contributed by atoms with E-state index in [-0.39, 0.29) is 18.8 Å². The molecule has 1 aliphatic carbocycles. The molecule has 0 saturated carbocycles. The van der Waals surface area contributed by atoms with Gasteiger partial charge in [0, 0.05) is 122 Å². The van der Waals surface area contributed by atoms with Crippen molar-refractivity contribution in [1.29, 1.82) is 0 Å². The van der Waals surface area contributed by atoms with Crippen LogP contribution in [0.25, 0.3) is 36.8 Å². The van der Waals surface area contributed by atoms with Crippen LogP contribution < -0.4 is 56.9 Å². The monoisotopic (exact) mass is 1310 g/mol. The number of para-hydroxylation sites is 9. The third-order valence-electron chi connectivity index (χ3n) is 21.7. The molecule has 0 bridgehead atoms. The van der Waals surface area contributed by atoms with Gasteiger partial charge in [0.25, 0.3) is 6.71 Å². The lowest BCUT2D eigenvalue weighted by Gasteiger charge is -2.46. The summed E-state index contributed by atoms with van der Waals surface area (Å²) < 4.78 is 9.93. The molecule has 4 aliphatic heterocycles. The average molecular weight is 1310 g/mol. The van der Waals surface area contributed by atoms with Crippen LogP contribution in [0.1, 0.15) is 25.0 Å². The highest BCUT2D eigenvalue weighted by Gasteiger charge is 2.54. The Balaban J connectivity index is 0.863. The van der Waals surface area contributed by atoms with Gasteiger partial charge >= 0.3 is 0 Å². The lowest BCUT2D eigenvalue weighted by Crippen LogP contribution is -2.61. The van der Waals surface area contributed by atoms with E-state index in [1.54, 1.807) is 0 Å². The van der Waals surface area contributed by atoms with Crippen LogP contribution in [0.3, 0.4) is 0 Å². The smallest absolute Gasteiger partial charge is 0.297 e. The standard InChI is InChI=1S/C91H62B2N6OS/c1-91(2)73-49-29-27-47-69(73)87-89(91)92-74-57-83-71(55-76(74)96(63-39-19-7-20-40-63)78-51-67(53-80(85(78)92)98(87)65-43-23-9-24-44-65)94(59-31-11-3-12-32-59)60-33-13-4-14-34-60)72-56-77-75(58-84(72)101-83)93-86-79(97(77)64-41-21-8-22-42-64)52-68(95(61-35-15-5-16-36-61)62-37-17-6-18-38-62)54-81(86)99(66-45-25-10-26-46-66)88-70-48-28-30-50-82(70)100-90(88)93/h3-58H,1-2H3. The fourth-order valence-electron chi connectivity index (χ4n) is 17.6. The van der Waals surface area contributed by atoms with E-state index in [2.05, 4.69) is 383 Å². The Morgan fingerprint density at radius 2 is 0.693 bits per heavy atom. The number of nitrogens with zero attached hydrogens (tertiary/aromatic N) is 6. The first-order chi connectivity index (χ1) is 49.9. The number of fused-ring (bicyclic) bond motifs is 14. The second-order valence-corrected chi connectivity index (χ2v) is 28.6. The molecule has 6 heterocycles. The number of thiophene rings is 1. The summed E-state index contributed by atoms with van der Waals surface area (Å²) in [5.41, 5.74) is 30.2. The summed E-state index contributed by atoms with van der Waals surface area (Å²) in [7, 11) is 0. The SMILES string of the molecule is CC1(C)C2=C(c3ccccc31)N(c1ccccc1)c1cc(N(c3ccccc3)c3ccccc3)cc3c1B2c1cc2sc4cc5c(cc4c2cc1N3c1ccccc1)N(c1ccccc1)c1cc(N(c2ccccc2)c2ccccc2)cc2c1B5c1oc3ccccc3c1N2c1ccccc1. The second-order valence-electron chi connectivity index (χ2n) is 27.5. The molecule has 101 heavy (non-hydrogen) atoms. The number of hydrogen-bond acceptors (Lipinski definition) is 8. The van der Waals surface area contributed by atoms with Crippen LogP contribution in [-0.4, -0.2) is 13.4 Å². The normalized spacial score (nSPS) is 14.2. The topological polar surface area (TPSA) is 32.6 Å². The van der Waals surface area contributed by atoms with E-state index in [9.17, 15) is 0 Å². The fourth-order valence-corrected chi connectivity index (χ4v) is 18.7. The molecule has 14 aromatic carbocycles. The molecular weight excluding hydrogens is 1250 g/mol. The number of rotatable bonds is 10. The van der Waals surface area contributed by atoms with E-state index in [0.29, 0.717) is 0 Å². The maximum Gasteiger partial charge on any atom is 0.297 e. The summed E-state index contributed by atoms with van der Waals surface area (Å²) in [5, 5.41) is 3.48. The Kier molecular flexibility index (Phi) is 12.7. The Morgan fingerprint density at radius 3 is 1.17 bits per heavy atom. The van der Waals surface area contributed by atoms with Gasteiger partial charge in [-0.05, 0) is 185 Å². The molecule has 16 aromatic rings. The minimum absolute atomic E-state index is 0.130. The summed E-state index contributed by atoms with van der Waals surface area (Å²) in [6.07, 6.45) is 0. The number of anilines is 17. The van der Waals surface area contributed by atoms with Gasteiger partial charge in [-0.3, -0.25) is 0 Å². The Bertz CT molecular complexity index is 5960. The highest BCUT2D eigenvalue weighted by molar-refractivity contribution is 7.26. The molecule has 7 nitrogen and oxygen atoms in total. The number of hydrogen-bond donors (Lipinski definition) is 0. The molecule has 2 aromatic heterocycles. The largest absolute Gasteiger partial charge is 0.468 e. The zero-order valence-electron chi connectivity index (χ0n) is 55.5. The van der Waals surface area contributed by atoms with Crippen molar-refractivity contribution in [3.8, 4) is 0 Å². The van der Waals surface area contributed by atoms with E-state index < -0.39 is 0 Å². The molecule has 5 aliphatic rings. The van der Waals surface area contributed by atoms with E-state index in [4.69, 9.17) is 4.42 Å². The molecule has 0 unspecified atom stereocenters. The van der Waals surface area contributed by atoms with Crippen molar-refractivity contribution in [1.82, 2.24) is 0 Å². The van der Waals surface area contributed by atoms with Gasteiger partial charge in [-0.1, -0.05) is 201 Å². The zero-order chi connectivity index (χ0) is 66.6. The predicted molar refractivity (Wildman–Crippen MR) is 427 cm³/mol. The maximum absolute atomic E-state index is 7.47. The Morgan fingerprint density at radius 1 is 0.327 bits per heavy atom. The summed E-state index contributed by atoms with van der Waals surface area (Å²) >= 11 is 1.91. The van der Waals surface area contributed by atoms with Crippen molar-refractivity contribution in [2.75, 3.05) is 29.4 Å². The van der Waals surface area contributed by atoms with E-state index in [0.717, 1.165) is 108 Å². The lowest BCUT2D eigenvalue weighted by atomic mass is 9.30. The van der Waals surface area contributed by atoms with E-state index in [1.165, 1.54) is 70.0 Å². The van der Waals surface area contributed by atoms with Crippen LogP contribution in [-0.2, 0) is 5.41 Å². The predicted octanol–water partition coefficient (Wildman–Crippen LogP) is 21.6. The number of furan rings is 1. The maximum atomic E-state index is 7.47.